The lowest BCUT2D eigenvalue weighted by Gasteiger charge is -2.16. The molecule has 0 unspecified atom stereocenters. The molecular formula is C10H16O7. The van der Waals surface area contributed by atoms with Crippen LogP contribution in [0, 0.1) is 0 Å². The summed E-state index contributed by atoms with van der Waals surface area (Å²) in [5.41, 5.74) is -0.0162. The summed E-state index contributed by atoms with van der Waals surface area (Å²) in [6, 6.07) is 0. The predicted octanol–water partition coefficient (Wildman–Crippen LogP) is -2.09. The minimum absolute atomic E-state index is 0.0162. The van der Waals surface area contributed by atoms with Gasteiger partial charge in [0.15, 0.2) is 6.29 Å². The van der Waals surface area contributed by atoms with Gasteiger partial charge < -0.3 is 29.9 Å². The third-order valence-electron chi connectivity index (χ3n) is 2.33. The first kappa shape index (κ1) is 14.1. The van der Waals surface area contributed by atoms with Crippen molar-refractivity contribution in [3.8, 4) is 0 Å². The van der Waals surface area contributed by atoms with Gasteiger partial charge in [-0.05, 0) is 6.92 Å². The van der Waals surface area contributed by atoms with E-state index >= 15 is 0 Å². The lowest BCUT2D eigenvalue weighted by molar-refractivity contribution is -0.149. The Balaban J connectivity index is 2.87. The fraction of sp³-hybridized carbons (Fsp3) is 0.700. The fourth-order valence-corrected chi connectivity index (χ4v) is 1.53. The van der Waals surface area contributed by atoms with E-state index < -0.39 is 37.2 Å². The number of esters is 1. The van der Waals surface area contributed by atoms with E-state index in [0.29, 0.717) is 0 Å². The number of ether oxygens (including phenoxy) is 2. The van der Waals surface area contributed by atoms with Crippen LogP contribution in [0.3, 0.4) is 0 Å². The molecule has 0 amide bonds. The molecule has 0 aromatic heterocycles. The van der Waals surface area contributed by atoms with E-state index in [0.717, 1.165) is 6.08 Å². The van der Waals surface area contributed by atoms with E-state index in [2.05, 4.69) is 4.74 Å². The Morgan fingerprint density at radius 3 is 2.76 bits per heavy atom. The quantitative estimate of drug-likeness (QED) is 0.333. The summed E-state index contributed by atoms with van der Waals surface area (Å²) in [6.07, 6.45) is -4.47. The normalized spacial score (nSPS) is 32.8. The highest BCUT2D eigenvalue weighted by molar-refractivity contribution is 5.83. The van der Waals surface area contributed by atoms with Crippen LogP contribution in [-0.2, 0) is 14.3 Å². The van der Waals surface area contributed by atoms with Crippen LogP contribution in [0.1, 0.15) is 6.92 Å². The van der Waals surface area contributed by atoms with Crippen LogP contribution in [0.15, 0.2) is 11.6 Å². The third-order valence-corrected chi connectivity index (χ3v) is 2.33. The lowest BCUT2D eigenvalue weighted by Crippen LogP contribution is -2.31. The summed E-state index contributed by atoms with van der Waals surface area (Å²) in [4.78, 5) is 11.2. The van der Waals surface area contributed by atoms with E-state index in [9.17, 15) is 20.1 Å². The molecule has 0 aliphatic carbocycles. The number of aliphatic hydroxyl groups excluding tert-OH is 4. The number of carbonyl (C=O) groups is 1. The van der Waals surface area contributed by atoms with E-state index in [4.69, 9.17) is 9.84 Å². The maximum atomic E-state index is 11.2. The molecule has 0 aromatic carbocycles. The second kappa shape index (κ2) is 6.08. The second-order valence-corrected chi connectivity index (χ2v) is 3.54. The van der Waals surface area contributed by atoms with Crippen molar-refractivity contribution in [2.24, 2.45) is 0 Å². The van der Waals surface area contributed by atoms with E-state index in [1.165, 1.54) is 0 Å². The van der Waals surface area contributed by atoms with Gasteiger partial charge in [0, 0.05) is 11.6 Å². The Morgan fingerprint density at radius 2 is 2.24 bits per heavy atom. The van der Waals surface area contributed by atoms with E-state index in [-0.39, 0.29) is 12.2 Å². The molecule has 7 heteroatoms. The van der Waals surface area contributed by atoms with Gasteiger partial charge in [-0.25, -0.2) is 4.79 Å². The average Bonchev–Trinajstić information content (AvgIpc) is 2.57. The van der Waals surface area contributed by atoms with Gasteiger partial charge in [0.2, 0.25) is 0 Å². The molecule has 0 radical (unpaired) electrons. The maximum absolute atomic E-state index is 11.2. The summed E-state index contributed by atoms with van der Waals surface area (Å²) < 4.78 is 9.48. The zero-order valence-electron chi connectivity index (χ0n) is 9.31. The maximum Gasteiger partial charge on any atom is 0.330 e. The molecule has 7 nitrogen and oxygen atoms in total. The molecule has 1 heterocycles. The largest absolute Gasteiger partial charge is 0.463 e. The monoisotopic (exact) mass is 248 g/mol. The van der Waals surface area contributed by atoms with Gasteiger partial charge in [-0.3, -0.25) is 0 Å². The van der Waals surface area contributed by atoms with Gasteiger partial charge in [0.1, 0.15) is 18.3 Å². The minimum atomic E-state index is -1.54. The van der Waals surface area contributed by atoms with E-state index in [1.807, 2.05) is 0 Å². The smallest absolute Gasteiger partial charge is 0.330 e. The standard InChI is InChI=1S/C10H16O7/c1-2-16-7(13)3-5-8(14)10(15)17-9(5)6(12)4-11/h3,6,8-12,14-15H,2,4H2,1H3/t6-,8-,9-,10+/m1/s1. The van der Waals surface area contributed by atoms with Crippen molar-refractivity contribution in [3.05, 3.63) is 11.6 Å². The fourth-order valence-electron chi connectivity index (χ4n) is 1.53. The molecule has 1 aliphatic rings. The summed E-state index contributed by atoms with van der Waals surface area (Å²) in [5.74, 6) is -0.714. The first-order chi connectivity index (χ1) is 8.01. The van der Waals surface area contributed by atoms with Crippen molar-refractivity contribution in [2.75, 3.05) is 13.2 Å². The van der Waals surface area contributed by atoms with Crippen LogP contribution >= 0.6 is 0 Å². The highest BCUT2D eigenvalue weighted by Crippen LogP contribution is 2.27. The molecule has 4 atom stereocenters. The molecule has 98 valence electrons. The van der Waals surface area contributed by atoms with Crippen molar-refractivity contribution >= 4 is 5.97 Å². The van der Waals surface area contributed by atoms with Crippen molar-refractivity contribution in [1.82, 2.24) is 0 Å². The summed E-state index contributed by atoms with van der Waals surface area (Å²) >= 11 is 0. The topological polar surface area (TPSA) is 116 Å². The highest BCUT2D eigenvalue weighted by Gasteiger charge is 2.41. The molecular weight excluding hydrogens is 232 g/mol. The van der Waals surface area contributed by atoms with Crippen molar-refractivity contribution in [1.29, 1.82) is 0 Å². The molecule has 0 aromatic rings. The molecule has 17 heavy (non-hydrogen) atoms. The number of carbonyl (C=O) groups excluding carboxylic acids is 1. The van der Waals surface area contributed by atoms with Gasteiger partial charge in [0.25, 0.3) is 0 Å². The van der Waals surface area contributed by atoms with Gasteiger partial charge in [0.05, 0.1) is 13.2 Å². The average molecular weight is 248 g/mol. The lowest BCUT2D eigenvalue weighted by atomic mass is 10.0. The Labute approximate surface area is 97.9 Å². The summed E-state index contributed by atoms with van der Waals surface area (Å²) in [6.45, 7) is 1.16. The zero-order chi connectivity index (χ0) is 13.0. The van der Waals surface area contributed by atoms with Crippen LogP contribution in [0.2, 0.25) is 0 Å². The van der Waals surface area contributed by atoms with Crippen LogP contribution in [0.25, 0.3) is 0 Å². The minimum Gasteiger partial charge on any atom is -0.463 e. The second-order valence-electron chi connectivity index (χ2n) is 3.54. The SMILES string of the molecule is CCOC(=O)C=C1[C@@H](O)[C@@H](O)O[C@H]1[C@H](O)CO. The highest BCUT2D eigenvalue weighted by atomic mass is 16.6. The molecule has 4 N–H and O–H groups in total. The van der Waals surface area contributed by atoms with Crippen LogP contribution < -0.4 is 0 Å². The molecule has 1 rings (SSSR count). The van der Waals surface area contributed by atoms with Gasteiger partial charge in [-0.1, -0.05) is 0 Å². The van der Waals surface area contributed by atoms with Crippen molar-refractivity contribution < 1.29 is 34.7 Å². The van der Waals surface area contributed by atoms with E-state index in [1.54, 1.807) is 6.92 Å². The van der Waals surface area contributed by atoms with Gasteiger partial charge in [-0.15, -0.1) is 0 Å². The molecule has 1 aliphatic heterocycles. The van der Waals surface area contributed by atoms with Crippen molar-refractivity contribution in [2.45, 2.75) is 31.5 Å². The number of hydrogen-bond acceptors (Lipinski definition) is 7. The zero-order valence-corrected chi connectivity index (χ0v) is 9.31. The number of hydrogen-bond donors (Lipinski definition) is 4. The van der Waals surface area contributed by atoms with Gasteiger partial charge in [-0.2, -0.15) is 0 Å². The van der Waals surface area contributed by atoms with Crippen LogP contribution in [0.5, 0.6) is 0 Å². The summed E-state index contributed by atoms with van der Waals surface area (Å²) in [7, 11) is 0. The Hall–Kier alpha value is -0.990. The van der Waals surface area contributed by atoms with Crippen LogP contribution in [0.4, 0.5) is 0 Å². The molecule has 1 fully saturated rings. The molecule has 0 saturated carbocycles. The Bertz CT molecular complexity index is 301. The Morgan fingerprint density at radius 1 is 1.59 bits per heavy atom. The van der Waals surface area contributed by atoms with Crippen LogP contribution in [-0.4, -0.2) is 64.2 Å². The third kappa shape index (κ3) is 3.24. The number of aliphatic hydroxyl groups is 4. The Kier molecular flexibility index (Phi) is 5.03. The summed E-state index contributed by atoms with van der Waals surface area (Å²) in [5, 5.41) is 37.0. The molecule has 0 spiro atoms. The number of rotatable bonds is 4. The van der Waals surface area contributed by atoms with Crippen molar-refractivity contribution in [3.63, 3.8) is 0 Å². The molecule has 0 bridgehead atoms. The first-order valence-corrected chi connectivity index (χ1v) is 5.20. The first-order valence-electron chi connectivity index (χ1n) is 5.20. The molecule has 1 saturated heterocycles. The van der Waals surface area contributed by atoms with Gasteiger partial charge >= 0.3 is 5.97 Å². The predicted molar refractivity (Wildman–Crippen MR) is 54.7 cm³/mol.